The normalized spacial score (nSPS) is 12.5. The van der Waals surface area contributed by atoms with Gasteiger partial charge in [-0.3, -0.25) is 14.4 Å². The zero-order valence-corrected chi connectivity index (χ0v) is 49.0. The van der Waals surface area contributed by atoms with Crippen LogP contribution in [0.4, 0.5) is 0 Å². The van der Waals surface area contributed by atoms with Crippen molar-refractivity contribution in [2.45, 2.75) is 71.5 Å². The molecule has 8 aromatic rings. The molecule has 396 valence electrons. The first-order valence-corrected chi connectivity index (χ1v) is 27.9. The van der Waals surface area contributed by atoms with Crippen molar-refractivity contribution in [3.05, 3.63) is 224 Å². The number of ketones is 2. The Morgan fingerprint density at radius 2 is 1.04 bits per heavy atom. The van der Waals surface area contributed by atoms with Gasteiger partial charge in [-0.25, -0.2) is 9.97 Å². The molecule has 0 amide bonds. The molecular weight excluding hydrogens is 1050 g/mol. The van der Waals surface area contributed by atoms with E-state index in [0.29, 0.717) is 21.7 Å². The van der Waals surface area contributed by atoms with Crippen molar-refractivity contribution in [1.29, 1.82) is 0 Å². The maximum atomic E-state index is 12.1. The third-order valence-electron chi connectivity index (χ3n) is 12.9. The van der Waals surface area contributed by atoms with E-state index in [1.165, 1.54) is 12.5 Å². The number of hydrogen-bond donors (Lipinski definition) is 1. The monoisotopic (exact) mass is 1110 g/mol. The van der Waals surface area contributed by atoms with Gasteiger partial charge in [0.15, 0.2) is 11.6 Å². The fraction of sp³-hybridized carbons (Fsp3) is 0.231. The van der Waals surface area contributed by atoms with Gasteiger partial charge in [-0.1, -0.05) is 177 Å². The van der Waals surface area contributed by atoms with Gasteiger partial charge >= 0.3 is 43.7 Å². The Hall–Kier alpha value is -5.63. The van der Waals surface area contributed by atoms with Crippen molar-refractivity contribution >= 4 is 117 Å². The number of pyridine rings is 2. The van der Waals surface area contributed by atoms with Gasteiger partial charge in [0, 0.05) is 48.9 Å². The van der Waals surface area contributed by atoms with E-state index >= 15 is 0 Å². The van der Waals surface area contributed by atoms with Gasteiger partial charge in [0.05, 0.1) is 28.3 Å². The Bertz CT molecular complexity index is 3410. The number of Topliss-reactive ketones (excluding diaryl/α,β-unsaturated/α-hetero) is 2. The average Bonchev–Trinajstić information content (AvgIpc) is 3.43. The van der Waals surface area contributed by atoms with Crippen molar-refractivity contribution in [3.63, 3.8) is 0 Å². The van der Waals surface area contributed by atoms with Crippen LogP contribution in [-0.2, 0) is 35.1 Å². The second-order valence-corrected chi connectivity index (χ2v) is 21.4. The minimum atomic E-state index is -1.06. The van der Waals surface area contributed by atoms with E-state index in [1.54, 1.807) is 32.5 Å². The summed E-state index contributed by atoms with van der Waals surface area (Å²) in [4.78, 5) is 54.6. The van der Waals surface area contributed by atoms with E-state index in [4.69, 9.17) is 33.2 Å². The molecule has 0 radical (unpaired) electrons. The van der Waals surface area contributed by atoms with E-state index in [0.717, 1.165) is 97.8 Å². The van der Waals surface area contributed by atoms with Crippen LogP contribution in [0.5, 0.6) is 0 Å². The minimum absolute atomic E-state index is 0. The molecule has 0 aliphatic carbocycles. The molecule has 0 bridgehead atoms. The molecule has 0 saturated heterocycles. The molecule has 2 aromatic heterocycles. The smallest absolute Gasteiger partial charge is 0.792 e. The summed E-state index contributed by atoms with van der Waals surface area (Å²) < 4.78 is 0. The zero-order valence-electron chi connectivity index (χ0n) is 45.8. The number of carboxylic acid groups (broad SMARTS) is 2. The van der Waals surface area contributed by atoms with Crippen molar-refractivity contribution in [3.8, 4) is 0 Å². The summed E-state index contributed by atoms with van der Waals surface area (Å²) in [5, 5.41) is 22.7. The van der Waals surface area contributed by atoms with Crippen molar-refractivity contribution in [2.75, 3.05) is 11.5 Å². The van der Waals surface area contributed by atoms with Crippen LogP contribution in [-0.4, -0.2) is 50.1 Å². The number of rotatable bonds is 20. The van der Waals surface area contributed by atoms with Gasteiger partial charge in [-0.05, 0) is 133 Å². The predicted octanol–water partition coefficient (Wildman–Crippen LogP) is 9.31. The second kappa shape index (κ2) is 33.2. The molecule has 0 saturated carbocycles. The van der Waals surface area contributed by atoms with Gasteiger partial charge in [-0.2, -0.15) is 17.5 Å². The maximum Gasteiger partial charge on any atom is 1.00 e. The van der Waals surface area contributed by atoms with Crippen molar-refractivity contribution < 1.29 is 67.1 Å². The van der Waals surface area contributed by atoms with E-state index in [2.05, 4.69) is 74.2 Å². The van der Waals surface area contributed by atoms with Crippen LogP contribution in [0.1, 0.15) is 124 Å². The number of aryl methyl sites for hydroxylation is 2. The van der Waals surface area contributed by atoms with Gasteiger partial charge in [-0.15, -0.1) is 0 Å². The van der Waals surface area contributed by atoms with E-state index in [1.807, 2.05) is 127 Å². The quantitative estimate of drug-likeness (QED) is 0.0447. The predicted molar refractivity (Wildman–Crippen MR) is 321 cm³/mol. The molecule has 14 heteroatoms. The summed E-state index contributed by atoms with van der Waals surface area (Å²) in [6.45, 7) is 8.74. The Morgan fingerprint density at radius 1 is 0.582 bits per heavy atom. The van der Waals surface area contributed by atoms with Crippen LogP contribution < -0.4 is 42.8 Å². The molecule has 0 aliphatic heterocycles. The Kier molecular flexibility index (Phi) is 27.7. The largest absolute Gasteiger partial charge is 1.00 e. The van der Waals surface area contributed by atoms with E-state index in [9.17, 15) is 29.4 Å². The molecule has 0 spiro atoms. The molecule has 0 aliphatic rings. The average molecular weight is 1120 g/mol. The molecular formula is C65H62Cl2Li2N2O6S2. The molecule has 8 rings (SSSR count). The van der Waals surface area contributed by atoms with Crippen LogP contribution in [0.3, 0.4) is 0 Å². The van der Waals surface area contributed by atoms with Crippen LogP contribution >= 0.6 is 35.0 Å². The van der Waals surface area contributed by atoms with Gasteiger partial charge in [0.2, 0.25) is 0 Å². The van der Waals surface area contributed by atoms with Gasteiger partial charge in [0.1, 0.15) is 0 Å². The number of carboxylic acids is 2. The molecule has 4 atom stereocenters. The summed E-state index contributed by atoms with van der Waals surface area (Å²) in [5.74, 6) is -1.44. The first-order chi connectivity index (χ1) is 37.0. The molecule has 2 heterocycles. The number of hydrogen-bond acceptors (Lipinski definition) is 9. The third-order valence-corrected chi connectivity index (χ3v) is 15.5. The first-order valence-electron chi connectivity index (χ1n) is 25.5. The molecule has 0 fully saturated rings. The molecule has 1 N–H and O–H groups in total. The summed E-state index contributed by atoms with van der Waals surface area (Å²) >= 11 is 18.3. The third kappa shape index (κ3) is 20.8. The van der Waals surface area contributed by atoms with E-state index in [-0.39, 0.29) is 60.3 Å². The number of benzene rings is 6. The number of carbonyl (C=O) groups excluding carboxylic acids is 3. The number of halogens is 2. The zero-order chi connectivity index (χ0) is 55.4. The maximum absolute atomic E-state index is 12.1. The second-order valence-electron chi connectivity index (χ2n) is 19.0. The number of aromatic nitrogens is 2. The van der Waals surface area contributed by atoms with Crippen LogP contribution in [0, 0.1) is 11.8 Å². The fourth-order valence-corrected chi connectivity index (χ4v) is 10.1. The number of aliphatic carboxylic acids is 2. The summed E-state index contributed by atoms with van der Waals surface area (Å²) in [7, 11) is 0. The number of fused-ring (bicyclic) bond motifs is 2. The molecule has 79 heavy (non-hydrogen) atoms. The van der Waals surface area contributed by atoms with Crippen molar-refractivity contribution in [1.82, 2.24) is 9.97 Å². The van der Waals surface area contributed by atoms with Gasteiger partial charge < -0.3 is 27.6 Å². The molecule has 6 aromatic carbocycles. The standard InChI is InChI=1S/C32H30ClNO3S.C29H26ClNO.C4H8O2S.2Li/c1-21(32(36)37)20-38-31(17-13-24-7-3-4-9-29(24)22(2)35)26-8-5-6-23(18-26)10-15-28-16-12-25-11-14-27(33)19-30(25)34-28;1-20(10-12-23-7-3-4-9-28(23)21(2)32)25-8-5-6-22(18-25)11-16-27-17-14-24-13-15-26(30)19-29(24)31-27;1-3(2-7)4(5)6;;/h3-12,14-16,18-19,21,31H,13,17,20H2,1-2H3,(H,36,37);3-9,11,13-20H,10,12H2,1-2H3;3,7H,2H2,1H3,(H,5,6);;/q;;;2*+1/p-2/b15-10+;16-11+;;;/t21-,31?;20-;3-;;/m111../s1. The topological polar surface area (TPSA) is 137 Å². The SMILES string of the molecule is CC(=O)c1ccccc1CCC(SC[C@@H](C)C(=O)O)c1cccc(/C=C/c2ccc3ccc(Cl)cc3n2)c1.CC(=O)c1ccccc1CC[C@@H](C)c1cccc(/C=C/c2ccc3ccc(Cl)cc3n2)c1.C[C@H](C[S-])C(=O)[O-].[Li+].[Li+]. The molecule has 8 nitrogen and oxygen atoms in total. The first kappa shape index (κ1) is 65.9. The Morgan fingerprint density at radius 3 is 1.49 bits per heavy atom. The van der Waals surface area contributed by atoms with Gasteiger partial charge in [0.25, 0.3) is 0 Å². The Balaban J connectivity index is 0.000000300. The summed E-state index contributed by atoms with van der Waals surface area (Å²) in [6.07, 6.45) is 11.6. The summed E-state index contributed by atoms with van der Waals surface area (Å²) in [6, 6.07) is 52.1. The van der Waals surface area contributed by atoms with Crippen LogP contribution in [0.15, 0.2) is 158 Å². The Labute approximate surface area is 508 Å². The van der Waals surface area contributed by atoms with Crippen molar-refractivity contribution in [2.24, 2.45) is 11.8 Å². The fourth-order valence-electron chi connectivity index (χ4n) is 8.33. The number of carbonyl (C=O) groups is 4. The van der Waals surface area contributed by atoms with E-state index < -0.39 is 23.8 Å². The minimum Gasteiger partial charge on any atom is -0.792 e. The van der Waals surface area contributed by atoms with Crippen LogP contribution in [0.25, 0.3) is 46.1 Å². The molecule has 1 unspecified atom stereocenters. The van der Waals surface area contributed by atoms with Crippen LogP contribution in [0.2, 0.25) is 10.0 Å². The number of thioether (sulfide) groups is 1. The number of nitrogens with zero attached hydrogens (tertiary/aromatic N) is 2. The summed E-state index contributed by atoms with van der Waals surface area (Å²) in [5.41, 5.74) is 11.8.